The largest absolute Gasteiger partial charge is 0.493 e. The molecule has 8 nitrogen and oxygen atoms in total. The van der Waals surface area contributed by atoms with Crippen LogP contribution < -0.4 is 20.1 Å². The fourth-order valence-corrected chi connectivity index (χ4v) is 3.43. The first-order valence-electron chi connectivity index (χ1n) is 8.51. The van der Waals surface area contributed by atoms with Gasteiger partial charge >= 0.3 is 6.03 Å². The molecule has 2 heterocycles. The molecule has 0 bridgehead atoms. The maximum absolute atomic E-state index is 12.6. The Balaban J connectivity index is 1.62. The zero-order valence-corrected chi connectivity index (χ0v) is 16.3. The van der Waals surface area contributed by atoms with Gasteiger partial charge in [-0.25, -0.2) is 9.78 Å². The molecule has 3 rings (SSSR count). The van der Waals surface area contributed by atoms with Crippen LogP contribution >= 0.6 is 11.3 Å². The molecule has 1 aliphatic heterocycles. The SMILES string of the molecule is COc1cc2c(cc1OC)CN(C(=O)N[C@@H](C)C(=O)Nc1nccs1)CC2. The van der Waals surface area contributed by atoms with Gasteiger partial charge in [-0.3, -0.25) is 4.79 Å². The van der Waals surface area contributed by atoms with Crippen molar-refractivity contribution in [1.29, 1.82) is 0 Å². The van der Waals surface area contributed by atoms with Gasteiger partial charge in [-0.2, -0.15) is 0 Å². The lowest BCUT2D eigenvalue weighted by molar-refractivity contribution is -0.117. The van der Waals surface area contributed by atoms with E-state index in [4.69, 9.17) is 9.47 Å². The molecule has 27 heavy (non-hydrogen) atoms. The number of thiazole rings is 1. The van der Waals surface area contributed by atoms with E-state index in [2.05, 4.69) is 15.6 Å². The highest BCUT2D eigenvalue weighted by molar-refractivity contribution is 7.13. The molecule has 1 aromatic carbocycles. The second kappa shape index (κ2) is 8.26. The predicted molar refractivity (Wildman–Crippen MR) is 102 cm³/mol. The predicted octanol–water partition coefficient (Wildman–Crippen LogP) is 2.26. The number of nitrogens with zero attached hydrogens (tertiary/aromatic N) is 2. The number of nitrogens with one attached hydrogen (secondary N) is 2. The van der Waals surface area contributed by atoms with E-state index in [1.54, 1.807) is 37.6 Å². The lowest BCUT2D eigenvalue weighted by Crippen LogP contribution is -2.49. The van der Waals surface area contributed by atoms with Gasteiger partial charge in [0.2, 0.25) is 5.91 Å². The van der Waals surface area contributed by atoms with E-state index in [-0.39, 0.29) is 11.9 Å². The molecule has 0 spiro atoms. The minimum absolute atomic E-state index is 0.280. The Hall–Kier alpha value is -2.81. The van der Waals surface area contributed by atoms with E-state index in [1.165, 1.54) is 11.3 Å². The third kappa shape index (κ3) is 4.30. The molecule has 0 radical (unpaired) electrons. The molecule has 9 heteroatoms. The maximum atomic E-state index is 12.6. The highest BCUT2D eigenvalue weighted by Crippen LogP contribution is 2.33. The topological polar surface area (TPSA) is 92.8 Å². The summed E-state index contributed by atoms with van der Waals surface area (Å²) in [7, 11) is 3.19. The zero-order chi connectivity index (χ0) is 19.4. The smallest absolute Gasteiger partial charge is 0.318 e. The summed E-state index contributed by atoms with van der Waals surface area (Å²) >= 11 is 1.33. The van der Waals surface area contributed by atoms with E-state index in [0.29, 0.717) is 36.1 Å². The zero-order valence-electron chi connectivity index (χ0n) is 15.4. The second-order valence-corrected chi connectivity index (χ2v) is 7.04. The summed E-state index contributed by atoms with van der Waals surface area (Å²) in [5.41, 5.74) is 2.14. The fourth-order valence-electron chi connectivity index (χ4n) is 2.90. The highest BCUT2D eigenvalue weighted by atomic mass is 32.1. The van der Waals surface area contributed by atoms with Gasteiger partial charge in [-0.05, 0) is 36.6 Å². The summed E-state index contributed by atoms with van der Waals surface area (Å²) in [6, 6.07) is 2.89. The number of methoxy groups -OCH3 is 2. The molecule has 144 valence electrons. The van der Waals surface area contributed by atoms with Crippen molar-refractivity contribution in [3.05, 3.63) is 34.8 Å². The third-order valence-corrected chi connectivity index (χ3v) is 5.09. The first kappa shape index (κ1) is 19.0. The van der Waals surface area contributed by atoms with Crippen molar-refractivity contribution in [3.8, 4) is 11.5 Å². The van der Waals surface area contributed by atoms with Gasteiger partial charge < -0.3 is 25.0 Å². The normalized spacial score (nSPS) is 14.1. The van der Waals surface area contributed by atoms with Crippen LogP contribution in [-0.2, 0) is 17.8 Å². The average molecular weight is 390 g/mol. The highest BCUT2D eigenvalue weighted by Gasteiger charge is 2.25. The number of carbonyl (C=O) groups excluding carboxylic acids is 2. The van der Waals surface area contributed by atoms with Crippen molar-refractivity contribution in [2.45, 2.75) is 25.9 Å². The molecule has 2 aromatic rings. The van der Waals surface area contributed by atoms with Crippen molar-refractivity contribution < 1.29 is 19.1 Å². The van der Waals surface area contributed by atoms with Crippen LogP contribution in [0.3, 0.4) is 0 Å². The number of carbonyl (C=O) groups is 2. The number of amides is 3. The number of hydrogen-bond acceptors (Lipinski definition) is 6. The van der Waals surface area contributed by atoms with Crippen LogP contribution in [0.5, 0.6) is 11.5 Å². The number of aromatic nitrogens is 1. The average Bonchev–Trinajstić information content (AvgIpc) is 3.19. The van der Waals surface area contributed by atoms with Crippen LogP contribution in [0.1, 0.15) is 18.1 Å². The van der Waals surface area contributed by atoms with Gasteiger partial charge in [0, 0.05) is 24.7 Å². The maximum Gasteiger partial charge on any atom is 0.318 e. The first-order chi connectivity index (χ1) is 13.0. The summed E-state index contributed by atoms with van der Waals surface area (Å²) < 4.78 is 10.7. The van der Waals surface area contributed by atoms with E-state index in [9.17, 15) is 9.59 Å². The fraction of sp³-hybridized carbons (Fsp3) is 0.389. The summed E-state index contributed by atoms with van der Waals surface area (Å²) in [6.45, 7) is 2.66. The Morgan fingerprint density at radius 1 is 1.22 bits per heavy atom. The number of anilines is 1. The molecule has 0 saturated carbocycles. The second-order valence-electron chi connectivity index (χ2n) is 6.15. The number of benzene rings is 1. The Kier molecular flexibility index (Phi) is 5.80. The molecule has 0 saturated heterocycles. The van der Waals surface area contributed by atoms with E-state index in [1.807, 2.05) is 12.1 Å². The van der Waals surface area contributed by atoms with Crippen molar-refractivity contribution in [2.75, 3.05) is 26.1 Å². The monoisotopic (exact) mass is 390 g/mol. The number of rotatable bonds is 5. The van der Waals surface area contributed by atoms with Crippen LogP contribution in [0.2, 0.25) is 0 Å². The van der Waals surface area contributed by atoms with Crippen LogP contribution in [0, 0.1) is 0 Å². The summed E-state index contributed by atoms with van der Waals surface area (Å²) in [5, 5.41) is 7.70. The van der Waals surface area contributed by atoms with Crippen LogP contribution in [-0.4, -0.2) is 48.6 Å². The summed E-state index contributed by atoms with van der Waals surface area (Å²) in [6.07, 6.45) is 2.32. The first-order valence-corrected chi connectivity index (χ1v) is 9.39. The lowest BCUT2D eigenvalue weighted by Gasteiger charge is -2.30. The van der Waals surface area contributed by atoms with Gasteiger partial charge in [0.1, 0.15) is 6.04 Å². The number of ether oxygens (including phenoxy) is 2. The Labute approximate surface area is 161 Å². The Morgan fingerprint density at radius 3 is 2.56 bits per heavy atom. The number of fused-ring (bicyclic) bond motifs is 1. The summed E-state index contributed by atoms with van der Waals surface area (Å²) in [5.74, 6) is 1.01. The van der Waals surface area contributed by atoms with Gasteiger partial charge in [0.05, 0.1) is 14.2 Å². The Bertz CT molecular complexity index is 825. The van der Waals surface area contributed by atoms with Gasteiger partial charge in [-0.15, -0.1) is 11.3 Å². The third-order valence-electron chi connectivity index (χ3n) is 4.40. The molecular weight excluding hydrogens is 368 g/mol. The van der Waals surface area contributed by atoms with Crippen LogP contribution in [0.15, 0.2) is 23.7 Å². The molecule has 0 aliphatic carbocycles. The van der Waals surface area contributed by atoms with E-state index < -0.39 is 6.04 Å². The molecule has 0 fully saturated rings. The van der Waals surface area contributed by atoms with Crippen molar-refractivity contribution in [1.82, 2.24) is 15.2 Å². The van der Waals surface area contributed by atoms with Crippen LogP contribution in [0.4, 0.5) is 9.93 Å². The van der Waals surface area contributed by atoms with Gasteiger partial charge in [-0.1, -0.05) is 0 Å². The molecule has 1 atom stereocenters. The van der Waals surface area contributed by atoms with Crippen LogP contribution in [0.25, 0.3) is 0 Å². The number of hydrogen-bond donors (Lipinski definition) is 2. The Morgan fingerprint density at radius 2 is 1.93 bits per heavy atom. The van der Waals surface area contributed by atoms with Crippen molar-refractivity contribution in [2.24, 2.45) is 0 Å². The van der Waals surface area contributed by atoms with Crippen molar-refractivity contribution in [3.63, 3.8) is 0 Å². The minimum Gasteiger partial charge on any atom is -0.493 e. The molecule has 2 N–H and O–H groups in total. The quantitative estimate of drug-likeness (QED) is 0.817. The van der Waals surface area contributed by atoms with E-state index in [0.717, 1.165) is 11.1 Å². The molecule has 1 aromatic heterocycles. The summed E-state index contributed by atoms with van der Waals surface area (Å²) in [4.78, 5) is 30.4. The number of urea groups is 1. The molecule has 0 unspecified atom stereocenters. The van der Waals surface area contributed by atoms with Gasteiger partial charge in [0.15, 0.2) is 16.6 Å². The lowest BCUT2D eigenvalue weighted by atomic mass is 9.99. The molecule has 3 amide bonds. The van der Waals surface area contributed by atoms with Gasteiger partial charge in [0.25, 0.3) is 0 Å². The standard InChI is InChI=1S/C18H22N4O4S/c1-11(16(23)21-17-19-5-7-27-17)20-18(24)22-6-4-12-8-14(25-2)15(26-3)9-13(12)10-22/h5,7-9,11H,4,6,10H2,1-3H3,(H,20,24)(H,19,21,23)/t11-/m0/s1. The molecular formula is C18H22N4O4S. The molecule has 1 aliphatic rings. The van der Waals surface area contributed by atoms with E-state index >= 15 is 0 Å². The van der Waals surface area contributed by atoms with Crippen molar-refractivity contribution >= 4 is 28.4 Å². The minimum atomic E-state index is -0.673.